The van der Waals surface area contributed by atoms with Gasteiger partial charge in [0.15, 0.2) is 0 Å². The van der Waals surface area contributed by atoms with Crippen molar-refractivity contribution in [1.82, 2.24) is 4.90 Å². The minimum atomic E-state index is -4.46. The fraction of sp³-hybridized carbons (Fsp3) is 0.458. The number of rotatable bonds is 8. The number of alkyl halides is 3. The molecule has 0 spiro atoms. The van der Waals surface area contributed by atoms with Crippen molar-refractivity contribution in [2.24, 2.45) is 5.92 Å². The van der Waals surface area contributed by atoms with E-state index in [4.69, 9.17) is 0 Å². The molecule has 1 aliphatic carbocycles. The molecule has 1 aliphatic rings. The molecule has 0 radical (unpaired) electrons. The number of nitrogens with zero attached hydrogens (tertiary/aromatic N) is 2. The molecule has 5 heteroatoms. The van der Waals surface area contributed by atoms with Gasteiger partial charge in [0.25, 0.3) is 0 Å². The molecule has 154 valence electrons. The zero-order valence-electron chi connectivity index (χ0n) is 16.9. The maximum absolute atomic E-state index is 13.7. The smallest absolute Gasteiger partial charge is 0.299 e. The Morgan fingerprint density at radius 3 is 2.17 bits per heavy atom. The van der Waals surface area contributed by atoms with Crippen molar-refractivity contribution in [2.45, 2.75) is 56.8 Å². The van der Waals surface area contributed by atoms with Gasteiger partial charge < -0.3 is 0 Å². The van der Waals surface area contributed by atoms with Crippen LogP contribution in [0.5, 0.6) is 0 Å². The second kappa shape index (κ2) is 8.59. The number of hydrogen-bond acceptors (Lipinski definition) is 2. The third-order valence-corrected chi connectivity index (χ3v) is 6.17. The Morgan fingerprint density at radius 1 is 1.03 bits per heavy atom. The van der Waals surface area contributed by atoms with Gasteiger partial charge in [0.05, 0.1) is 17.0 Å². The summed E-state index contributed by atoms with van der Waals surface area (Å²) in [6.07, 6.45) is -1.73. The third-order valence-electron chi connectivity index (χ3n) is 6.17. The van der Waals surface area contributed by atoms with Gasteiger partial charge in [-0.15, -0.1) is 0 Å². The lowest BCUT2D eigenvalue weighted by Gasteiger charge is -2.33. The second-order valence-electron chi connectivity index (χ2n) is 8.19. The predicted molar refractivity (Wildman–Crippen MR) is 108 cm³/mol. The molecule has 1 saturated carbocycles. The average Bonchev–Trinajstić information content (AvgIpc) is 3.55. The first-order valence-corrected chi connectivity index (χ1v) is 10.1. The van der Waals surface area contributed by atoms with Gasteiger partial charge >= 0.3 is 6.18 Å². The van der Waals surface area contributed by atoms with Gasteiger partial charge in [-0.3, -0.25) is 4.90 Å². The Bertz CT molecular complexity index is 852. The molecule has 0 N–H and O–H groups in total. The van der Waals surface area contributed by atoms with E-state index in [1.165, 1.54) is 17.7 Å². The molecule has 0 aliphatic heterocycles. The molecule has 0 bridgehead atoms. The highest BCUT2D eigenvalue weighted by Gasteiger charge is 2.50. The van der Waals surface area contributed by atoms with E-state index in [9.17, 15) is 18.4 Å². The fourth-order valence-electron chi connectivity index (χ4n) is 4.15. The second-order valence-corrected chi connectivity index (χ2v) is 8.19. The molecule has 2 unspecified atom stereocenters. The molecular formula is C24H27F3N2. The summed E-state index contributed by atoms with van der Waals surface area (Å²) >= 11 is 0. The molecule has 0 aromatic heterocycles. The van der Waals surface area contributed by atoms with Crippen molar-refractivity contribution in [3.05, 3.63) is 71.3 Å². The average molecular weight is 400 g/mol. The van der Waals surface area contributed by atoms with Gasteiger partial charge in [0.1, 0.15) is 0 Å². The summed E-state index contributed by atoms with van der Waals surface area (Å²) < 4.78 is 41.0. The summed E-state index contributed by atoms with van der Waals surface area (Å²) in [5.74, 6) is 0.00243. The van der Waals surface area contributed by atoms with Crippen molar-refractivity contribution in [3.8, 4) is 6.07 Å². The molecular weight excluding hydrogens is 373 g/mol. The van der Waals surface area contributed by atoms with Crippen LogP contribution in [0.2, 0.25) is 0 Å². The highest BCUT2D eigenvalue weighted by atomic mass is 19.4. The van der Waals surface area contributed by atoms with Gasteiger partial charge in [-0.05, 0) is 62.8 Å². The van der Waals surface area contributed by atoms with E-state index < -0.39 is 17.2 Å². The molecule has 29 heavy (non-hydrogen) atoms. The van der Waals surface area contributed by atoms with Crippen LogP contribution in [0.25, 0.3) is 0 Å². The van der Waals surface area contributed by atoms with Crippen LogP contribution in [0, 0.1) is 17.2 Å². The first kappa shape index (κ1) is 21.4. The summed E-state index contributed by atoms with van der Waals surface area (Å²) in [4.78, 5) is 2.19. The Morgan fingerprint density at radius 2 is 1.62 bits per heavy atom. The Kier molecular flexibility index (Phi) is 6.33. The lowest BCUT2D eigenvalue weighted by atomic mass is 9.71. The van der Waals surface area contributed by atoms with Crippen LogP contribution in [0.3, 0.4) is 0 Å². The van der Waals surface area contributed by atoms with Crippen LogP contribution >= 0.6 is 0 Å². The first-order chi connectivity index (χ1) is 13.8. The van der Waals surface area contributed by atoms with E-state index in [-0.39, 0.29) is 17.5 Å². The Hall–Kier alpha value is -2.32. The quantitative estimate of drug-likeness (QED) is 0.529. The monoisotopic (exact) mass is 400 g/mol. The molecule has 2 aromatic rings. The largest absolute Gasteiger partial charge is 0.416 e. The van der Waals surface area contributed by atoms with Crippen molar-refractivity contribution in [1.29, 1.82) is 5.26 Å². The molecule has 2 aromatic carbocycles. The molecule has 1 fully saturated rings. The summed E-state index contributed by atoms with van der Waals surface area (Å²) in [7, 11) is 2.02. The standard InChI is InChI=1S/C24H27F3N2/c1-18(29(2)16-19-8-4-3-5-9-19)14-15-23(17-28,20-12-13-20)21-10-6-7-11-22(21)24(25,26)27/h3-11,18,20H,12-16H2,1-2H3. The summed E-state index contributed by atoms with van der Waals surface area (Å²) in [5, 5.41) is 10.1. The summed E-state index contributed by atoms with van der Waals surface area (Å²) in [5.41, 5.74) is -0.402. The van der Waals surface area contributed by atoms with E-state index in [0.29, 0.717) is 12.8 Å². The van der Waals surface area contributed by atoms with Crippen LogP contribution < -0.4 is 0 Å². The van der Waals surface area contributed by atoms with Crippen LogP contribution in [-0.4, -0.2) is 18.0 Å². The van der Waals surface area contributed by atoms with Crippen LogP contribution in [0.1, 0.15) is 49.3 Å². The zero-order chi connectivity index (χ0) is 21.1. The molecule has 0 amide bonds. The van der Waals surface area contributed by atoms with Gasteiger partial charge in [0.2, 0.25) is 0 Å². The predicted octanol–water partition coefficient (Wildman–Crippen LogP) is 6.18. The number of halogens is 3. The summed E-state index contributed by atoms with van der Waals surface area (Å²) in [6.45, 7) is 2.85. The number of hydrogen-bond donors (Lipinski definition) is 0. The molecule has 2 nitrogen and oxygen atoms in total. The normalized spacial score (nSPS) is 17.6. The molecule has 0 saturated heterocycles. The minimum Gasteiger partial charge on any atom is -0.299 e. The number of benzene rings is 2. The fourth-order valence-corrected chi connectivity index (χ4v) is 4.15. The Balaban J connectivity index is 1.80. The van der Waals surface area contributed by atoms with Crippen LogP contribution in [-0.2, 0) is 18.1 Å². The van der Waals surface area contributed by atoms with E-state index in [2.05, 4.69) is 30.0 Å². The van der Waals surface area contributed by atoms with Gasteiger partial charge in [0, 0.05) is 12.6 Å². The highest BCUT2D eigenvalue weighted by Crippen LogP contribution is 2.52. The van der Waals surface area contributed by atoms with Crippen LogP contribution in [0.4, 0.5) is 13.2 Å². The number of nitriles is 1. The van der Waals surface area contributed by atoms with Crippen molar-refractivity contribution >= 4 is 0 Å². The Labute approximate surface area is 171 Å². The lowest BCUT2D eigenvalue weighted by Crippen LogP contribution is -2.34. The molecule has 2 atom stereocenters. The first-order valence-electron chi connectivity index (χ1n) is 10.1. The van der Waals surface area contributed by atoms with E-state index in [1.54, 1.807) is 6.07 Å². The van der Waals surface area contributed by atoms with E-state index >= 15 is 0 Å². The SMILES string of the molecule is CC(CCC(C#N)(c1ccccc1C(F)(F)F)C1CC1)N(C)Cc1ccccc1. The van der Waals surface area contributed by atoms with Crippen molar-refractivity contribution in [2.75, 3.05) is 7.05 Å². The zero-order valence-corrected chi connectivity index (χ0v) is 16.9. The minimum absolute atomic E-state index is 0.00243. The maximum Gasteiger partial charge on any atom is 0.416 e. The maximum atomic E-state index is 13.7. The van der Waals surface area contributed by atoms with Crippen molar-refractivity contribution in [3.63, 3.8) is 0 Å². The lowest BCUT2D eigenvalue weighted by molar-refractivity contribution is -0.138. The highest BCUT2D eigenvalue weighted by molar-refractivity contribution is 5.43. The summed E-state index contributed by atoms with van der Waals surface area (Å²) in [6, 6.07) is 18.2. The van der Waals surface area contributed by atoms with Gasteiger partial charge in [-0.2, -0.15) is 18.4 Å². The van der Waals surface area contributed by atoms with Crippen molar-refractivity contribution < 1.29 is 13.2 Å². The van der Waals surface area contributed by atoms with Crippen LogP contribution in [0.15, 0.2) is 54.6 Å². The topological polar surface area (TPSA) is 27.0 Å². The van der Waals surface area contributed by atoms with Gasteiger partial charge in [-0.1, -0.05) is 48.5 Å². The molecule has 0 heterocycles. The van der Waals surface area contributed by atoms with Gasteiger partial charge in [-0.25, -0.2) is 0 Å². The van der Waals surface area contributed by atoms with E-state index in [0.717, 1.165) is 25.5 Å². The third kappa shape index (κ3) is 4.82. The van der Waals surface area contributed by atoms with E-state index in [1.807, 2.05) is 25.2 Å². The molecule has 3 rings (SSSR count).